The Kier molecular flexibility index (Phi) is 5.55. The largest absolute Gasteiger partial charge is 0.493 e. The second-order valence-electron chi connectivity index (χ2n) is 6.07. The van der Waals surface area contributed by atoms with Gasteiger partial charge in [0, 0.05) is 38.2 Å². The molecule has 0 aliphatic carbocycles. The highest BCUT2D eigenvalue weighted by atomic mass is 16.5. The normalized spacial score (nSPS) is 14.3. The van der Waals surface area contributed by atoms with Gasteiger partial charge in [0.2, 0.25) is 5.91 Å². The average Bonchev–Trinajstić information content (AvgIpc) is 2.73. The van der Waals surface area contributed by atoms with Gasteiger partial charge in [-0.1, -0.05) is 6.92 Å². The third-order valence-corrected chi connectivity index (χ3v) is 4.59. The topological polar surface area (TPSA) is 67.8 Å². The van der Waals surface area contributed by atoms with E-state index in [1.54, 1.807) is 14.2 Å². The molecule has 0 bridgehead atoms. The number of aromatic nitrogens is 2. The fourth-order valence-electron chi connectivity index (χ4n) is 3.05. The van der Waals surface area contributed by atoms with E-state index in [-0.39, 0.29) is 5.91 Å². The molecule has 0 atom stereocenters. The molecule has 2 heterocycles. The first-order valence-electron chi connectivity index (χ1n) is 8.75. The minimum absolute atomic E-state index is 0.208. The summed E-state index contributed by atoms with van der Waals surface area (Å²) >= 11 is 0. The lowest BCUT2D eigenvalue weighted by Crippen LogP contribution is -2.48. The van der Waals surface area contributed by atoms with Crippen LogP contribution in [0, 0.1) is 0 Å². The molecule has 7 heteroatoms. The maximum atomic E-state index is 11.8. The Balaban J connectivity index is 1.70. The number of rotatable bonds is 5. The zero-order chi connectivity index (χ0) is 18.5. The first-order chi connectivity index (χ1) is 12.7. The lowest BCUT2D eigenvalue weighted by atomic mass is 10.1. The van der Waals surface area contributed by atoms with Gasteiger partial charge in [0.1, 0.15) is 0 Å². The van der Waals surface area contributed by atoms with E-state index in [9.17, 15) is 4.79 Å². The molecule has 1 amide bonds. The van der Waals surface area contributed by atoms with E-state index in [4.69, 9.17) is 9.47 Å². The summed E-state index contributed by atoms with van der Waals surface area (Å²) in [5, 5.41) is 8.72. The van der Waals surface area contributed by atoms with Gasteiger partial charge in [0.25, 0.3) is 0 Å². The van der Waals surface area contributed by atoms with E-state index in [0.717, 1.165) is 43.3 Å². The molecule has 1 fully saturated rings. The van der Waals surface area contributed by atoms with Gasteiger partial charge in [-0.05, 0) is 30.3 Å². The minimum atomic E-state index is 0.208. The number of piperazine rings is 1. The third kappa shape index (κ3) is 3.71. The van der Waals surface area contributed by atoms with Crippen molar-refractivity contribution in [2.75, 3.05) is 45.3 Å². The van der Waals surface area contributed by atoms with Crippen LogP contribution in [0.5, 0.6) is 11.5 Å². The van der Waals surface area contributed by atoms with Crippen LogP contribution in [0.1, 0.15) is 13.3 Å². The fourth-order valence-corrected chi connectivity index (χ4v) is 3.05. The van der Waals surface area contributed by atoms with Crippen LogP contribution < -0.4 is 14.4 Å². The molecule has 0 radical (unpaired) electrons. The lowest BCUT2D eigenvalue weighted by molar-refractivity contribution is -0.131. The molecule has 0 unspecified atom stereocenters. The second-order valence-corrected chi connectivity index (χ2v) is 6.07. The van der Waals surface area contributed by atoms with E-state index in [1.165, 1.54) is 0 Å². The maximum absolute atomic E-state index is 11.8. The van der Waals surface area contributed by atoms with Crippen LogP contribution in [0.4, 0.5) is 5.82 Å². The summed E-state index contributed by atoms with van der Waals surface area (Å²) in [4.78, 5) is 15.8. The minimum Gasteiger partial charge on any atom is -0.493 e. The van der Waals surface area contributed by atoms with Crippen molar-refractivity contribution < 1.29 is 14.3 Å². The number of carbonyl (C=O) groups excluding carboxylic acids is 1. The van der Waals surface area contributed by atoms with Gasteiger partial charge in [-0.3, -0.25) is 4.79 Å². The molecule has 0 saturated carbocycles. The summed E-state index contributed by atoms with van der Waals surface area (Å²) in [5.41, 5.74) is 1.69. The summed E-state index contributed by atoms with van der Waals surface area (Å²) in [6.07, 6.45) is 0.555. The molecule has 138 valence electrons. The molecule has 1 aromatic carbocycles. The molecule has 0 N–H and O–H groups in total. The van der Waals surface area contributed by atoms with Gasteiger partial charge in [-0.15, -0.1) is 10.2 Å². The van der Waals surface area contributed by atoms with Crippen LogP contribution in [-0.2, 0) is 4.79 Å². The highest BCUT2D eigenvalue weighted by Crippen LogP contribution is 2.31. The number of ether oxygens (including phenoxy) is 2. The van der Waals surface area contributed by atoms with Crippen LogP contribution in [0.2, 0.25) is 0 Å². The number of benzene rings is 1. The van der Waals surface area contributed by atoms with Gasteiger partial charge in [0.05, 0.1) is 19.9 Å². The van der Waals surface area contributed by atoms with Crippen molar-refractivity contribution in [2.45, 2.75) is 13.3 Å². The van der Waals surface area contributed by atoms with Gasteiger partial charge in [-0.2, -0.15) is 0 Å². The van der Waals surface area contributed by atoms with Crippen molar-refractivity contribution in [3.63, 3.8) is 0 Å². The van der Waals surface area contributed by atoms with E-state index < -0.39 is 0 Å². The molecule has 26 heavy (non-hydrogen) atoms. The van der Waals surface area contributed by atoms with Crippen molar-refractivity contribution in [1.82, 2.24) is 15.1 Å². The second kappa shape index (κ2) is 8.03. The molecule has 3 rings (SSSR count). The summed E-state index contributed by atoms with van der Waals surface area (Å²) < 4.78 is 10.6. The van der Waals surface area contributed by atoms with Gasteiger partial charge in [-0.25, -0.2) is 0 Å². The van der Waals surface area contributed by atoms with E-state index >= 15 is 0 Å². The number of anilines is 1. The lowest BCUT2D eigenvalue weighted by Gasteiger charge is -2.35. The highest BCUT2D eigenvalue weighted by Gasteiger charge is 2.21. The number of hydrogen-bond acceptors (Lipinski definition) is 6. The first-order valence-corrected chi connectivity index (χ1v) is 8.75. The monoisotopic (exact) mass is 356 g/mol. The van der Waals surface area contributed by atoms with Gasteiger partial charge < -0.3 is 19.3 Å². The van der Waals surface area contributed by atoms with Crippen LogP contribution in [0.25, 0.3) is 11.3 Å². The predicted octanol–water partition coefficient (Wildman–Crippen LogP) is 2.22. The third-order valence-electron chi connectivity index (χ3n) is 4.59. The smallest absolute Gasteiger partial charge is 0.222 e. The molecule has 1 aromatic heterocycles. The molecule has 0 spiro atoms. The molecule has 7 nitrogen and oxygen atoms in total. The number of carbonyl (C=O) groups is 1. The number of methoxy groups -OCH3 is 2. The van der Waals surface area contributed by atoms with Crippen molar-refractivity contribution in [2.24, 2.45) is 0 Å². The van der Waals surface area contributed by atoms with Crippen LogP contribution in [0.3, 0.4) is 0 Å². The Labute approximate surface area is 153 Å². The average molecular weight is 356 g/mol. The highest BCUT2D eigenvalue weighted by molar-refractivity contribution is 5.76. The van der Waals surface area contributed by atoms with Crippen molar-refractivity contribution in [3.8, 4) is 22.8 Å². The first kappa shape index (κ1) is 18.0. The zero-order valence-electron chi connectivity index (χ0n) is 15.4. The maximum Gasteiger partial charge on any atom is 0.222 e. The fraction of sp³-hybridized carbons (Fsp3) is 0.421. The molecule has 1 aliphatic rings. The van der Waals surface area contributed by atoms with Crippen LogP contribution in [0.15, 0.2) is 30.3 Å². The SMILES string of the molecule is CCC(=O)N1CCN(c2ccc(-c3ccc(OC)c(OC)c3)nn2)CC1. The summed E-state index contributed by atoms with van der Waals surface area (Å²) in [6, 6.07) is 9.59. The molecule has 1 saturated heterocycles. The van der Waals surface area contributed by atoms with E-state index in [2.05, 4.69) is 15.1 Å². The van der Waals surface area contributed by atoms with Gasteiger partial charge >= 0.3 is 0 Å². The van der Waals surface area contributed by atoms with Gasteiger partial charge in [0.15, 0.2) is 17.3 Å². The molecular formula is C19H24N4O3. The molecular weight excluding hydrogens is 332 g/mol. The summed E-state index contributed by atoms with van der Waals surface area (Å²) in [5.74, 6) is 2.38. The zero-order valence-corrected chi connectivity index (χ0v) is 15.4. The molecule has 2 aromatic rings. The van der Waals surface area contributed by atoms with Crippen LogP contribution >= 0.6 is 0 Å². The summed E-state index contributed by atoms with van der Waals surface area (Å²) in [7, 11) is 3.22. The Morgan fingerprint density at radius 1 is 1.00 bits per heavy atom. The van der Waals surface area contributed by atoms with E-state index in [0.29, 0.717) is 17.9 Å². The number of nitrogens with zero attached hydrogens (tertiary/aromatic N) is 4. The Morgan fingerprint density at radius 2 is 1.73 bits per heavy atom. The van der Waals surface area contributed by atoms with Crippen molar-refractivity contribution in [3.05, 3.63) is 30.3 Å². The number of amides is 1. The van der Waals surface area contributed by atoms with Crippen LogP contribution in [-0.4, -0.2) is 61.4 Å². The number of hydrogen-bond donors (Lipinski definition) is 0. The Bertz CT molecular complexity index is 756. The quantitative estimate of drug-likeness (QED) is 0.818. The van der Waals surface area contributed by atoms with E-state index in [1.807, 2.05) is 42.2 Å². The standard InChI is InChI=1S/C19H24N4O3/c1-4-19(24)23-11-9-22(10-12-23)18-8-6-15(20-21-18)14-5-7-16(25-2)17(13-14)26-3/h5-8,13H,4,9-12H2,1-3H3. The summed E-state index contributed by atoms with van der Waals surface area (Å²) in [6.45, 7) is 4.90. The predicted molar refractivity (Wildman–Crippen MR) is 99.7 cm³/mol. The molecule has 1 aliphatic heterocycles. The van der Waals surface area contributed by atoms with Crippen molar-refractivity contribution in [1.29, 1.82) is 0 Å². The Hall–Kier alpha value is -2.83. The Morgan fingerprint density at radius 3 is 2.31 bits per heavy atom. The van der Waals surface area contributed by atoms with Crippen molar-refractivity contribution >= 4 is 11.7 Å².